The van der Waals surface area contributed by atoms with Gasteiger partial charge in [-0.05, 0) is 19.1 Å². The van der Waals surface area contributed by atoms with Crippen molar-refractivity contribution in [2.75, 3.05) is 18.4 Å². The highest BCUT2D eigenvalue weighted by atomic mass is 35.5. The second kappa shape index (κ2) is 6.34. The zero-order valence-electron chi connectivity index (χ0n) is 7.99. The summed E-state index contributed by atoms with van der Waals surface area (Å²) in [7, 11) is 0. The van der Waals surface area contributed by atoms with E-state index in [0.29, 0.717) is 11.4 Å². The highest BCUT2D eigenvalue weighted by Gasteiger charge is 2.03. The predicted octanol–water partition coefficient (Wildman–Crippen LogP) is 1.08. The number of nitrogens with two attached hydrogens (primary N) is 1. The van der Waals surface area contributed by atoms with E-state index in [1.54, 1.807) is 18.3 Å². The summed E-state index contributed by atoms with van der Waals surface area (Å²) < 4.78 is 0. The number of anilines is 1. The number of rotatable bonds is 4. The Morgan fingerprint density at radius 2 is 2.36 bits per heavy atom. The Kier molecular flexibility index (Phi) is 5.83. The third kappa shape index (κ3) is 3.32. The quantitative estimate of drug-likeness (QED) is 0.738. The lowest BCUT2D eigenvalue weighted by Gasteiger charge is -2.03. The smallest absolute Gasteiger partial charge is 0.176 e. The number of carbonyl (C=O) groups is 1. The van der Waals surface area contributed by atoms with Crippen LogP contribution in [0.2, 0.25) is 0 Å². The predicted molar refractivity (Wildman–Crippen MR) is 59.0 cm³/mol. The monoisotopic (exact) mass is 215 g/mol. The van der Waals surface area contributed by atoms with E-state index in [1.165, 1.54) is 0 Å². The minimum Gasteiger partial charge on any atom is -0.370 e. The summed E-state index contributed by atoms with van der Waals surface area (Å²) >= 11 is 0. The number of nitrogens with one attached hydrogen (secondary N) is 1. The summed E-state index contributed by atoms with van der Waals surface area (Å²) in [6.07, 6.45) is 1.60. The summed E-state index contributed by atoms with van der Waals surface area (Å²) in [4.78, 5) is 15.2. The molecule has 1 rings (SSSR count). The van der Waals surface area contributed by atoms with Gasteiger partial charge in [0, 0.05) is 18.3 Å². The van der Waals surface area contributed by atoms with Crippen molar-refractivity contribution < 1.29 is 4.79 Å². The molecule has 0 aliphatic rings. The maximum Gasteiger partial charge on any atom is 0.176 e. The molecule has 1 aromatic heterocycles. The standard InChI is InChI=1S/C9H13N3O.ClH/c1-2-11-9-5-7(3-4-12-9)8(13)6-10;/h3-5H,2,6,10H2,1H3,(H,11,12);1H. The summed E-state index contributed by atoms with van der Waals surface area (Å²) in [6.45, 7) is 2.79. The second-order valence-corrected chi connectivity index (χ2v) is 2.59. The van der Waals surface area contributed by atoms with E-state index in [4.69, 9.17) is 5.73 Å². The van der Waals surface area contributed by atoms with Gasteiger partial charge in [-0.3, -0.25) is 4.79 Å². The van der Waals surface area contributed by atoms with Crippen LogP contribution in [0.4, 0.5) is 5.82 Å². The van der Waals surface area contributed by atoms with Gasteiger partial charge in [-0.1, -0.05) is 0 Å². The largest absolute Gasteiger partial charge is 0.370 e. The van der Waals surface area contributed by atoms with Crippen LogP contribution in [0.5, 0.6) is 0 Å². The minimum atomic E-state index is -0.0680. The number of Topliss-reactive ketones (excluding diaryl/α,β-unsaturated/α-hetero) is 1. The number of carbonyl (C=O) groups excluding carboxylic acids is 1. The molecule has 0 atom stereocenters. The normalized spacial score (nSPS) is 9.00. The molecule has 78 valence electrons. The molecule has 3 N–H and O–H groups in total. The van der Waals surface area contributed by atoms with Crippen molar-refractivity contribution in [2.45, 2.75) is 6.92 Å². The number of hydrogen-bond acceptors (Lipinski definition) is 4. The van der Waals surface area contributed by atoms with Crippen LogP contribution in [0.1, 0.15) is 17.3 Å². The number of nitrogens with zero attached hydrogens (tertiary/aromatic N) is 1. The van der Waals surface area contributed by atoms with Crippen LogP contribution >= 0.6 is 12.4 Å². The fourth-order valence-corrected chi connectivity index (χ4v) is 1.000. The number of ketones is 1. The molecule has 5 heteroatoms. The van der Waals surface area contributed by atoms with Crippen LogP contribution in [0, 0.1) is 0 Å². The van der Waals surface area contributed by atoms with Gasteiger partial charge in [-0.25, -0.2) is 4.98 Å². The summed E-state index contributed by atoms with van der Waals surface area (Å²) in [5.41, 5.74) is 5.84. The van der Waals surface area contributed by atoms with E-state index >= 15 is 0 Å². The molecule has 0 aliphatic heterocycles. The average Bonchev–Trinajstić information content (AvgIpc) is 2.18. The second-order valence-electron chi connectivity index (χ2n) is 2.59. The van der Waals surface area contributed by atoms with Gasteiger partial charge in [0.05, 0.1) is 6.54 Å². The summed E-state index contributed by atoms with van der Waals surface area (Å²) in [6, 6.07) is 3.37. The zero-order chi connectivity index (χ0) is 9.68. The highest BCUT2D eigenvalue weighted by Crippen LogP contribution is 2.06. The van der Waals surface area contributed by atoms with Crippen molar-refractivity contribution in [1.82, 2.24) is 4.98 Å². The summed E-state index contributed by atoms with van der Waals surface area (Å²) in [5.74, 6) is 0.642. The van der Waals surface area contributed by atoms with Crippen molar-refractivity contribution in [3.63, 3.8) is 0 Å². The molecular formula is C9H14ClN3O. The van der Waals surface area contributed by atoms with Gasteiger partial charge in [0.15, 0.2) is 5.78 Å². The lowest BCUT2D eigenvalue weighted by Crippen LogP contribution is -2.14. The molecule has 0 unspecified atom stereocenters. The Bertz CT molecular complexity index is 304. The Morgan fingerprint density at radius 1 is 1.64 bits per heavy atom. The fraction of sp³-hybridized carbons (Fsp3) is 0.333. The van der Waals surface area contributed by atoms with Crippen molar-refractivity contribution in [3.05, 3.63) is 23.9 Å². The first-order chi connectivity index (χ1) is 6.27. The number of hydrogen-bond donors (Lipinski definition) is 2. The van der Waals surface area contributed by atoms with E-state index in [0.717, 1.165) is 6.54 Å². The molecule has 1 aromatic rings. The van der Waals surface area contributed by atoms with Crippen molar-refractivity contribution in [3.8, 4) is 0 Å². The van der Waals surface area contributed by atoms with Crippen LogP contribution in [0.25, 0.3) is 0 Å². The number of pyridine rings is 1. The molecule has 0 saturated carbocycles. The first kappa shape index (κ1) is 12.9. The van der Waals surface area contributed by atoms with Gasteiger partial charge in [0.2, 0.25) is 0 Å². The third-order valence-electron chi connectivity index (χ3n) is 1.63. The Labute approximate surface area is 89.3 Å². The highest BCUT2D eigenvalue weighted by molar-refractivity contribution is 5.97. The molecule has 1 heterocycles. The molecule has 0 spiro atoms. The first-order valence-electron chi connectivity index (χ1n) is 4.21. The lowest BCUT2D eigenvalue weighted by atomic mass is 10.2. The van der Waals surface area contributed by atoms with Crippen LogP contribution in [0.3, 0.4) is 0 Å². The van der Waals surface area contributed by atoms with Crippen LogP contribution in [0.15, 0.2) is 18.3 Å². The molecule has 0 amide bonds. The van der Waals surface area contributed by atoms with Crippen LogP contribution in [-0.2, 0) is 0 Å². The number of aromatic nitrogens is 1. The van der Waals surface area contributed by atoms with Crippen molar-refractivity contribution >= 4 is 24.0 Å². The van der Waals surface area contributed by atoms with E-state index in [1.807, 2.05) is 6.92 Å². The van der Waals surface area contributed by atoms with Gasteiger partial charge >= 0.3 is 0 Å². The maximum atomic E-state index is 11.2. The molecule has 0 saturated heterocycles. The SMILES string of the molecule is CCNc1cc(C(=O)CN)ccn1.Cl. The zero-order valence-corrected chi connectivity index (χ0v) is 8.80. The average molecular weight is 216 g/mol. The summed E-state index contributed by atoms with van der Waals surface area (Å²) in [5, 5.41) is 3.02. The maximum absolute atomic E-state index is 11.2. The molecule has 0 radical (unpaired) electrons. The van der Waals surface area contributed by atoms with Gasteiger partial charge in [0.25, 0.3) is 0 Å². The molecular weight excluding hydrogens is 202 g/mol. The van der Waals surface area contributed by atoms with Crippen molar-refractivity contribution in [2.24, 2.45) is 5.73 Å². The fourth-order valence-electron chi connectivity index (χ4n) is 1.000. The van der Waals surface area contributed by atoms with Gasteiger partial charge < -0.3 is 11.1 Å². The Morgan fingerprint density at radius 3 is 2.93 bits per heavy atom. The number of halogens is 1. The first-order valence-corrected chi connectivity index (χ1v) is 4.21. The molecule has 0 aromatic carbocycles. The third-order valence-corrected chi connectivity index (χ3v) is 1.63. The molecule has 0 fully saturated rings. The van der Waals surface area contributed by atoms with Gasteiger partial charge in [-0.15, -0.1) is 12.4 Å². The van der Waals surface area contributed by atoms with E-state index < -0.39 is 0 Å². The molecule has 14 heavy (non-hydrogen) atoms. The van der Waals surface area contributed by atoms with Crippen LogP contribution < -0.4 is 11.1 Å². The Hall–Kier alpha value is -1.13. The molecule has 0 bridgehead atoms. The molecule has 0 aliphatic carbocycles. The Balaban J connectivity index is 0.00000169. The van der Waals surface area contributed by atoms with Crippen LogP contribution in [-0.4, -0.2) is 23.9 Å². The van der Waals surface area contributed by atoms with Crippen molar-refractivity contribution in [1.29, 1.82) is 0 Å². The van der Waals surface area contributed by atoms with Gasteiger partial charge in [-0.2, -0.15) is 0 Å². The molecule has 4 nitrogen and oxygen atoms in total. The lowest BCUT2D eigenvalue weighted by molar-refractivity contribution is 0.100. The van der Waals surface area contributed by atoms with Gasteiger partial charge in [0.1, 0.15) is 5.82 Å². The van der Waals surface area contributed by atoms with E-state index in [2.05, 4.69) is 10.3 Å². The topological polar surface area (TPSA) is 68.0 Å². The van der Waals surface area contributed by atoms with E-state index in [9.17, 15) is 4.79 Å². The minimum absolute atomic E-state index is 0. The van der Waals surface area contributed by atoms with E-state index in [-0.39, 0.29) is 24.7 Å².